The average molecular weight is 216 g/mol. The van der Waals surface area contributed by atoms with Crippen LogP contribution in [-0.2, 0) is 0 Å². The van der Waals surface area contributed by atoms with Gasteiger partial charge >= 0.3 is 0 Å². The van der Waals surface area contributed by atoms with Crippen molar-refractivity contribution >= 4 is 0 Å². The number of hydrogen-bond acceptors (Lipinski definition) is 1. The Balaban J connectivity index is 1.98. The van der Waals surface area contributed by atoms with Crippen molar-refractivity contribution in [3.05, 3.63) is 48.6 Å². The summed E-state index contributed by atoms with van der Waals surface area (Å²) in [4.78, 5) is 0. The molecule has 1 heteroatoms. The van der Waals surface area contributed by atoms with Crippen LogP contribution in [0.4, 0.5) is 0 Å². The molecule has 0 aliphatic heterocycles. The summed E-state index contributed by atoms with van der Waals surface area (Å²) < 4.78 is 0. The summed E-state index contributed by atoms with van der Waals surface area (Å²) in [7, 11) is 0. The minimum absolute atomic E-state index is 0.479. The average Bonchev–Trinajstić information content (AvgIpc) is 2.31. The largest absolute Gasteiger partial charge is 0.390 e. The van der Waals surface area contributed by atoms with Crippen molar-refractivity contribution in [1.29, 1.82) is 0 Å². The Kier molecular flexibility index (Phi) is 3.45. The van der Waals surface area contributed by atoms with Crippen LogP contribution in [0.3, 0.4) is 0 Å². The van der Waals surface area contributed by atoms with Gasteiger partial charge in [-0.2, -0.15) is 0 Å². The van der Waals surface area contributed by atoms with E-state index in [0.717, 1.165) is 32.1 Å². The summed E-state index contributed by atoms with van der Waals surface area (Å²) in [5.41, 5.74) is 0.940. The molecule has 0 bridgehead atoms. The molecule has 0 saturated heterocycles. The first-order valence-electron chi connectivity index (χ1n) is 6.12. The molecule has 1 aromatic rings. The third-order valence-corrected chi connectivity index (χ3v) is 3.71. The highest BCUT2D eigenvalue weighted by Crippen LogP contribution is 2.39. The van der Waals surface area contributed by atoms with E-state index < -0.39 is 5.60 Å². The zero-order valence-corrected chi connectivity index (χ0v) is 9.73. The lowest BCUT2D eigenvalue weighted by molar-refractivity contribution is 0.00202. The lowest BCUT2D eigenvalue weighted by atomic mass is 9.75. The molecule has 0 atom stereocenters. The van der Waals surface area contributed by atoms with Crippen LogP contribution in [-0.4, -0.2) is 10.7 Å². The van der Waals surface area contributed by atoms with Crippen LogP contribution >= 0.6 is 0 Å². The molecule has 0 amide bonds. The minimum Gasteiger partial charge on any atom is -0.390 e. The Morgan fingerprint density at radius 2 is 1.88 bits per heavy atom. The summed E-state index contributed by atoms with van der Waals surface area (Å²) in [6.07, 6.45) is 6.55. The van der Waals surface area contributed by atoms with Crippen molar-refractivity contribution < 1.29 is 5.11 Å². The summed E-state index contributed by atoms with van der Waals surface area (Å²) in [5, 5.41) is 10.3. The molecule has 0 aromatic heterocycles. The Morgan fingerprint density at radius 1 is 1.25 bits per heavy atom. The van der Waals surface area contributed by atoms with Gasteiger partial charge in [0.25, 0.3) is 0 Å². The smallest absolute Gasteiger partial charge is 0.0682 e. The van der Waals surface area contributed by atoms with E-state index in [1.807, 2.05) is 6.08 Å². The van der Waals surface area contributed by atoms with Gasteiger partial charge in [-0.25, -0.2) is 0 Å². The second kappa shape index (κ2) is 4.84. The standard InChI is InChI=1S/C15H20O/c1-2-10-15(16)11-8-14(9-12-15)13-6-4-3-5-7-13/h2-7,14,16H,1,8-12H2/t14-,15+. The fraction of sp³-hybridized carbons (Fsp3) is 0.467. The van der Waals surface area contributed by atoms with Gasteiger partial charge in [-0.1, -0.05) is 36.4 Å². The summed E-state index contributed by atoms with van der Waals surface area (Å²) >= 11 is 0. The van der Waals surface area contributed by atoms with Crippen LogP contribution in [0.1, 0.15) is 43.6 Å². The highest BCUT2D eigenvalue weighted by Gasteiger charge is 2.32. The maximum Gasteiger partial charge on any atom is 0.0682 e. The van der Waals surface area contributed by atoms with Crippen molar-refractivity contribution in [3.8, 4) is 0 Å². The van der Waals surface area contributed by atoms with E-state index in [1.54, 1.807) is 0 Å². The molecule has 1 aliphatic rings. The second-order valence-corrected chi connectivity index (χ2v) is 4.90. The topological polar surface area (TPSA) is 20.2 Å². The molecule has 1 saturated carbocycles. The lowest BCUT2D eigenvalue weighted by Crippen LogP contribution is -2.32. The molecule has 0 spiro atoms. The van der Waals surface area contributed by atoms with Crippen molar-refractivity contribution in [2.24, 2.45) is 0 Å². The molecule has 0 unspecified atom stereocenters. The molecule has 86 valence electrons. The molecule has 0 heterocycles. The molecule has 1 fully saturated rings. The SMILES string of the molecule is C=CC[C@]1(O)CC[C@@H](c2ccccc2)CC1. The Bertz CT molecular complexity index is 334. The Hall–Kier alpha value is -1.08. The van der Waals surface area contributed by atoms with Gasteiger partial charge in [0.05, 0.1) is 5.60 Å². The minimum atomic E-state index is -0.479. The monoisotopic (exact) mass is 216 g/mol. The molecule has 1 N–H and O–H groups in total. The maximum absolute atomic E-state index is 10.3. The number of benzene rings is 1. The number of rotatable bonds is 3. The third-order valence-electron chi connectivity index (χ3n) is 3.71. The Labute approximate surface area is 97.8 Å². The zero-order chi connectivity index (χ0) is 11.4. The molecule has 1 aliphatic carbocycles. The van der Waals surface area contributed by atoms with E-state index in [9.17, 15) is 5.11 Å². The van der Waals surface area contributed by atoms with Crippen molar-refractivity contribution in [2.45, 2.75) is 43.6 Å². The van der Waals surface area contributed by atoms with Crippen molar-refractivity contribution in [2.75, 3.05) is 0 Å². The highest BCUT2D eigenvalue weighted by atomic mass is 16.3. The van der Waals surface area contributed by atoms with E-state index in [4.69, 9.17) is 0 Å². The second-order valence-electron chi connectivity index (χ2n) is 4.90. The first kappa shape index (κ1) is 11.4. The highest BCUT2D eigenvalue weighted by molar-refractivity contribution is 5.20. The third kappa shape index (κ3) is 2.53. The van der Waals surface area contributed by atoms with E-state index in [1.165, 1.54) is 5.56 Å². The van der Waals surface area contributed by atoms with Crippen LogP contribution in [0.15, 0.2) is 43.0 Å². The first-order valence-corrected chi connectivity index (χ1v) is 6.12. The van der Waals surface area contributed by atoms with E-state index in [0.29, 0.717) is 5.92 Å². The maximum atomic E-state index is 10.3. The van der Waals surface area contributed by atoms with Gasteiger partial charge in [-0.3, -0.25) is 0 Å². The van der Waals surface area contributed by atoms with E-state index in [2.05, 4.69) is 36.9 Å². The van der Waals surface area contributed by atoms with Crippen LogP contribution in [0.25, 0.3) is 0 Å². The molecule has 16 heavy (non-hydrogen) atoms. The van der Waals surface area contributed by atoms with E-state index in [-0.39, 0.29) is 0 Å². The molecule has 1 aromatic carbocycles. The Morgan fingerprint density at radius 3 is 2.44 bits per heavy atom. The summed E-state index contributed by atoms with van der Waals surface area (Å²) in [5.74, 6) is 0.631. The van der Waals surface area contributed by atoms with Gasteiger partial charge in [0.15, 0.2) is 0 Å². The van der Waals surface area contributed by atoms with Gasteiger partial charge in [0.1, 0.15) is 0 Å². The van der Waals surface area contributed by atoms with Gasteiger partial charge < -0.3 is 5.11 Å². The van der Waals surface area contributed by atoms with Crippen molar-refractivity contribution in [1.82, 2.24) is 0 Å². The summed E-state index contributed by atoms with van der Waals surface area (Å²) in [6, 6.07) is 10.6. The molecular weight excluding hydrogens is 196 g/mol. The fourth-order valence-electron chi connectivity index (χ4n) is 2.69. The van der Waals surface area contributed by atoms with Crippen molar-refractivity contribution in [3.63, 3.8) is 0 Å². The van der Waals surface area contributed by atoms with Gasteiger partial charge in [-0.15, -0.1) is 6.58 Å². The van der Waals surface area contributed by atoms with Gasteiger partial charge in [0.2, 0.25) is 0 Å². The van der Waals surface area contributed by atoms with Gasteiger partial charge in [0, 0.05) is 0 Å². The van der Waals surface area contributed by atoms with Crippen LogP contribution < -0.4 is 0 Å². The van der Waals surface area contributed by atoms with Crippen LogP contribution in [0, 0.1) is 0 Å². The number of hydrogen-bond donors (Lipinski definition) is 1. The number of aliphatic hydroxyl groups is 1. The van der Waals surface area contributed by atoms with Gasteiger partial charge in [-0.05, 0) is 43.6 Å². The van der Waals surface area contributed by atoms with E-state index >= 15 is 0 Å². The zero-order valence-electron chi connectivity index (χ0n) is 9.73. The normalized spacial score (nSPS) is 29.9. The molecule has 2 rings (SSSR count). The molecule has 1 nitrogen and oxygen atoms in total. The fourth-order valence-corrected chi connectivity index (χ4v) is 2.69. The first-order chi connectivity index (χ1) is 7.73. The quantitative estimate of drug-likeness (QED) is 0.765. The lowest BCUT2D eigenvalue weighted by Gasteiger charge is -2.35. The van der Waals surface area contributed by atoms with Crippen LogP contribution in [0.5, 0.6) is 0 Å². The van der Waals surface area contributed by atoms with Crippen LogP contribution in [0.2, 0.25) is 0 Å². The summed E-state index contributed by atoms with van der Waals surface area (Å²) in [6.45, 7) is 3.72. The predicted molar refractivity (Wildman–Crippen MR) is 67.4 cm³/mol. The molecule has 0 radical (unpaired) electrons. The predicted octanol–water partition coefficient (Wildman–Crippen LogP) is 3.65. The molecular formula is C15H20O.